The Bertz CT molecular complexity index is 309. The van der Waals surface area contributed by atoms with Crippen LogP contribution in [-0.2, 0) is 19.1 Å². The highest BCUT2D eigenvalue weighted by molar-refractivity contribution is 5.83. The lowest BCUT2D eigenvalue weighted by Gasteiger charge is -2.37. The molecule has 0 aromatic rings. The fourth-order valence-corrected chi connectivity index (χ4v) is 2.07. The highest BCUT2D eigenvalue weighted by Gasteiger charge is 2.35. The van der Waals surface area contributed by atoms with Crippen molar-refractivity contribution < 1.29 is 19.1 Å². The lowest BCUT2D eigenvalue weighted by Crippen LogP contribution is -2.58. The second-order valence-corrected chi connectivity index (χ2v) is 4.55. The molecule has 1 rings (SSSR count). The van der Waals surface area contributed by atoms with Crippen LogP contribution < -0.4 is 5.32 Å². The first-order valence-corrected chi connectivity index (χ1v) is 6.89. The minimum Gasteiger partial charge on any atom is -0.465 e. The van der Waals surface area contributed by atoms with Crippen molar-refractivity contribution in [1.29, 1.82) is 0 Å². The summed E-state index contributed by atoms with van der Waals surface area (Å²) in [5.41, 5.74) is 0. The molecule has 1 aliphatic rings. The number of rotatable bonds is 6. The van der Waals surface area contributed by atoms with E-state index in [1.54, 1.807) is 13.8 Å². The minimum atomic E-state index is -0.429. The molecule has 2 atom stereocenters. The Balaban J connectivity index is 2.65. The zero-order valence-electron chi connectivity index (χ0n) is 12.0. The average Bonchev–Trinajstić information content (AvgIpc) is 2.44. The van der Waals surface area contributed by atoms with Crippen molar-refractivity contribution in [3.05, 3.63) is 0 Å². The van der Waals surface area contributed by atoms with Crippen molar-refractivity contribution in [3.8, 4) is 0 Å². The van der Waals surface area contributed by atoms with Crippen LogP contribution in [0.1, 0.15) is 27.2 Å². The van der Waals surface area contributed by atoms with Gasteiger partial charge in [0.2, 0.25) is 5.91 Å². The van der Waals surface area contributed by atoms with Crippen molar-refractivity contribution in [1.82, 2.24) is 10.2 Å². The second kappa shape index (κ2) is 8.12. The van der Waals surface area contributed by atoms with E-state index in [1.807, 2.05) is 11.8 Å². The summed E-state index contributed by atoms with van der Waals surface area (Å²) in [4.78, 5) is 25.7. The van der Waals surface area contributed by atoms with E-state index in [9.17, 15) is 9.59 Å². The highest BCUT2D eigenvalue weighted by Crippen LogP contribution is 2.13. The standard InChI is InChI=1S/C13H24N2O4/c1-4-6-14-12(16)11-9-18-8-7-15(11)10(3)13(17)19-5-2/h10-11H,4-9H2,1-3H3,(H,14,16). The van der Waals surface area contributed by atoms with E-state index in [-0.39, 0.29) is 11.9 Å². The quantitative estimate of drug-likeness (QED) is 0.698. The Kier molecular flexibility index (Phi) is 6.80. The van der Waals surface area contributed by atoms with Gasteiger partial charge in [0.05, 0.1) is 19.8 Å². The summed E-state index contributed by atoms with van der Waals surface area (Å²) < 4.78 is 10.4. The van der Waals surface area contributed by atoms with Gasteiger partial charge in [-0.25, -0.2) is 0 Å². The topological polar surface area (TPSA) is 67.9 Å². The summed E-state index contributed by atoms with van der Waals surface area (Å²) in [6.45, 7) is 7.93. The summed E-state index contributed by atoms with van der Waals surface area (Å²) in [5.74, 6) is -0.379. The maximum absolute atomic E-state index is 12.1. The van der Waals surface area contributed by atoms with Crippen LogP contribution in [0.2, 0.25) is 0 Å². The van der Waals surface area contributed by atoms with Gasteiger partial charge in [-0.1, -0.05) is 6.92 Å². The maximum atomic E-state index is 12.1. The van der Waals surface area contributed by atoms with Gasteiger partial charge >= 0.3 is 5.97 Å². The maximum Gasteiger partial charge on any atom is 0.323 e. The molecule has 110 valence electrons. The smallest absolute Gasteiger partial charge is 0.323 e. The Hall–Kier alpha value is -1.14. The lowest BCUT2D eigenvalue weighted by molar-refractivity contribution is -0.154. The predicted molar refractivity (Wildman–Crippen MR) is 70.7 cm³/mol. The van der Waals surface area contributed by atoms with E-state index in [0.717, 1.165) is 6.42 Å². The van der Waals surface area contributed by atoms with Crippen LogP contribution in [0.3, 0.4) is 0 Å². The molecule has 0 aliphatic carbocycles. The third kappa shape index (κ3) is 4.47. The van der Waals surface area contributed by atoms with Gasteiger partial charge in [0, 0.05) is 13.1 Å². The van der Waals surface area contributed by atoms with Crippen LogP contribution in [0.5, 0.6) is 0 Å². The molecule has 1 amide bonds. The Morgan fingerprint density at radius 1 is 1.47 bits per heavy atom. The van der Waals surface area contributed by atoms with E-state index < -0.39 is 12.1 Å². The number of nitrogens with zero attached hydrogens (tertiary/aromatic N) is 1. The van der Waals surface area contributed by atoms with Gasteiger partial charge < -0.3 is 14.8 Å². The number of amides is 1. The molecule has 2 unspecified atom stereocenters. The molecule has 1 N–H and O–H groups in total. The van der Waals surface area contributed by atoms with Crippen molar-refractivity contribution in [2.75, 3.05) is 32.9 Å². The zero-order valence-corrected chi connectivity index (χ0v) is 12.0. The third-order valence-electron chi connectivity index (χ3n) is 3.15. The van der Waals surface area contributed by atoms with Crippen LogP contribution >= 0.6 is 0 Å². The van der Waals surface area contributed by atoms with E-state index in [1.165, 1.54) is 0 Å². The summed E-state index contributed by atoms with van der Waals surface area (Å²) in [7, 11) is 0. The Labute approximate surface area is 114 Å². The number of morpholine rings is 1. The number of hydrogen-bond donors (Lipinski definition) is 1. The van der Waals surface area contributed by atoms with E-state index >= 15 is 0 Å². The number of hydrogen-bond acceptors (Lipinski definition) is 5. The Morgan fingerprint density at radius 3 is 2.84 bits per heavy atom. The molecule has 1 aliphatic heterocycles. The van der Waals surface area contributed by atoms with Crippen molar-refractivity contribution >= 4 is 11.9 Å². The fraction of sp³-hybridized carbons (Fsp3) is 0.846. The molecule has 1 saturated heterocycles. The monoisotopic (exact) mass is 272 g/mol. The molecular formula is C13H24N2O4. The molecule has 1 fully saturated rings. The first-order chi connectivity index (χ1) is 9.11. The first-order valence-electron chi connectivity index (χ1n) is 6.89. The molecular weight excluding hydrogens is 248 g/mol. The van der Waals surface area contributed by atoms with Crippen LogP contribution in [0.25, 0.3) is 0 Å². The number of esters is 1. The summed E-state index contributed by atoms with van der Waals surface area (Å²) in [6.07, 6.45) is 0.882. The van der Waals surface area contributed by atoms with Crippen molar-refractivity contribution in [2.45, 2.75) is 39.3 Å². The first kappa shape index (κ1) is 15.9. The van der Waals surface area contributed by atoms with Crippen molar-refractivity contribution in [2.24, 2.45) is 0 Å². The van der Waals surface area contributed by atoms with Crippen LogP contribution in [0.4, 0.5) is 0 Å². The summed E-state index contributed by atoms with van der Waals surface area (Å²) in [5, 5.41) is 2.85. The number of ether oxygens (including phenoxy) is 2. The molecule has 0 bridgehead atoms. The fourth-order valence-electron chi connectivity index (χ4n) is 2.07. The van der Waals surface area contributed by atoms with Gasteiger partial charge in [-0.05, 0) is 20.3 Å². The predicted octanol–water partition coefficient (Wildman–Crippen LogP) is 0.165. The number of carbonyl (C=O) groups is 2. The van der Waals surface area contributed by atoms with Gasteiger partial charge in [-0.15, -0.1) is 0 Å². The largest absolute Gasteiger partial charge is 0.465 e. The minimum absolute atomic E-state index is 0.0855. The van der Waals surface area contributed by atoms with Gasteiger partial charge in [0.1, 0.15) is 12.1 Å². The second-order valence-electron chi connectivity index (χ2n) is 4.55. The normalized spacial score (nSPS) is 21.7. The van der Waals surface area contributed by atoms with Crippen LogP contribution in [0.15, 0.2) is 0 Å². The molecule has 1 heterocycles. The van der Waals surface area contributed by atoms with E-state index in [4.69, 9.17) is 9.47 Å². The number of carbonyl (C=O) groups excluding carboxylic acids is 2. The molecule has 0 aromatic heterocycles. The molecule has 6 heteroatoms. The highest BCUT2D eigenvalue weighted by atomic mass is 16.5. The van der Waals surface area contributed by atoms with E-state index in [0.29, 0.717) is 32.9 Å². The van der Waals surface area contributed by atoms with Gasteiger partial charge in [-0.2, -0.15) is 0 Å². The lowest BCUT2D eigenvalue weighted by atomic mass is 10.1. The van der Waals surface area contributed by atoms with Crippen LogP contribution in [0, 0.1) is 0 Å². The van der Waals surface area contributed by atoms with E-state index in [2.05, 4.69) is 5.32 Å². The molecule has 6 nitrogen and oxygen atoms in total. The molecule has 0 spiro atoms. The van der Waals surface area contributed by atoms with Crippen LogP contribution in [-0.4, -0.2) is 61.8 Å². The zero-order chi connectivity index (χ0) is 14.3. The SMILES string of the molecule is CCCNC(=O)C1COCCN1C(C)C(=O)OCC. The summed E-state index contributed by atoms with van der Waals surface area (Å²) >= 11 is 0. The third-order valence-corrected chi connectivity index (χ3v) is 3.15. The molecule has 0 saturated carbocycles. The van der Waals surface area contributed by atoms with Crippen molar-refractivity contribution in [3.63, 3.8) is 0 Å². The van der Waals surface area contributed by atoms with Gasteiger partial charge in [0.25, 0.3) is 0 Å². The van der Waals surface area contributed by atoms with Gasteiger partial charge in [0.15, 0.2) is 0 Å². The molecule has 0 aromatic carbocycles. The molecule has 0 radical (unpaired) electrons. The number of nitrogens with one attached hydrogen (secondary N) is 1. The average molecular weight is 272 g/mol. The molecule has 19 heavy (non-hydrogen) atoms. The summed E-state index contributed by atoms with van der Waals surface area (Å²) in [6, 6.07) is -0.846. The Morgan fingerprint density at radius 2 is 2.21 bits per heavy atom. The van der Waals surface area contributed by atoms with Gasteiger partial charge in [-0.3, -0.25) is 14.5 Å².